The number of hydrogen-bond donors (Lipinski definition) is 1. The van der Waals surface area contributed by atoms with E-state index in [2.05, 4.69) is 27.7 Å². The predicted molar refractivity (Wildman–Crippen MR) is 72.3 cm³/mol. The lowest BCUT2D eigenvalue weighted by molar-refractivity contribution is 0.139. The second kappa shape index (κ2) is 6.64. The maximum absolute atomic E-state index is 5.92. The molecule has 0 aromatic rings. The Labute approximate surface area is 102 Å². The Morgan fingerprint density at radius 1 is 1.06 bits per heavy atom. The van der Waals surface area contributed by atoms with Gasteiger partial charge in [0.1, 0.15) is 0 Å². The third-order valence-corrected chi connectivity index (χ3v) is 4.54. The molecular weight excluding hydrogens is 194 g/mol. The van der Waals surface area contributed by atoms with Crippen LogP contribution >= 0.6 is 0 Å². The predicted octanol–water partition coefficient (Wildman–Crippen LogP) is 4.07. The molecule has 1 aliphatic rings. The summed E-state index contributed by atoms with van der Waals surface area (Å²) in [7, 11) is 0. The molecule has 1 nitrogen and oxygen atoms in total. The van der Waals surface area contributed by atoms with E-state index in [4.69, 9.17) is 5.73 Å². The van der Waals surface area contributed by atoms with Gasteiger partial charge in [0.25, 0.3) is 0 Å². The molecule has 0 aromatic carbocycles. The van der Waals surface area contributed by atoms with Crippen LogP contribution in [0, 0.1) is 29.6 Å². The van der Waals surface area contributed by atoms with Crippen molar-refractivity contribution < 1.29 is 0 Å². The molecule has 0 spiro atoms. The Morgan fingerprint density at radius 3 is 2.25 bits per heavy atom. The van der Waals surface area contributed by atoms with Gasteiger partial charge in [-0.15, -0.1) is 0 Å². The number of hydrogen-bond acceptors (Lipinski definition) is 1. The second-order valence-corrected chi connectivity index (χ2v) is 6.54. The summed E-state index contributed by atoms with van der Waals surface area (Å²) in [5, 5.41) is 0. The third-order valence-electron chi connectivity index (χ3n) is 4.54. The molecule has 96 valence electrons. The average Bonchev–Trinajstić information content (AvgIpc) is 2.25. The van der Waals surface area contributed by atoms with Crippen LogP contribution in [0.25, 0.3) is 0 Å². The molecule has 0 saturated heterocycles. The normalized spacial score (nSPS) is 31.3. The highest BCUT2D eigenvalue weighted by Gasteiger charge is 2.30. The maximum Gasteiger partial charge on any atom is -0.00462 e. The van der Waals surface area contributed by atoms with Crippen molar-refractivity contribution in [3.8, 4) is 0 Å². The number of nitrogens with two attached hydrogens (primary N) is 1. The van der Waals surface area contributed by atoms with Crippen molar-refractivity contribution in [2.24, 2.45) is 35.3 Å². The summed E-state index contributed by atoms with van der Waals surface area (Å²) in [4.78, 5) is 0. The molecule has 1 rings (SSSR count). The van der Waals surface area contributed by atoms with Gasteiger partial charge in [-0.25, -0.2) is 0 Å². The van der Waals surface area contributed by atoms with Gasteiger partial charge in [0, 0.05) is 0 Å². The topological polar surface area (TPSA) is 26.0 Å². The highest BCUT2D eigenvalue weighted by atomic mass is 14.6. The fourth-order valence-electron chi connectivity index (χ4n) is 3.18. The molecule has 0 aromatic heterocycles. The molecule has 1 fully saturated rings. The van der Waals surface area contributed by atoms with Crippen molar-refractivity contribution in [3.05, 3.63) is 0 Å². The van der Waals surface area contributed by atoms with E-state index in [9.17, 15) is 0 Å². The first-order valence-electron chi connectivity index (χ1n) is 7.24. The lowest BCUT2D eigenvalue weighted by Gasteiger charge is -2.38. The quantitative estimate of drug-likeness (QED) is 0.750. The molecule has 3 unspecified atom stereocenters. The largest absolute Gasteiger partial charge is 0.330 e. The minimum Gasteiger partial charge on any atom is -0.330 e. The van der Waals surface area contributed by atoms with Crippen molar-refractivity contribution >= 4 is 0 Å². The first kappa shape index (κ1) is 14.0. The highest BCUT2D eigenvalue weighted by Crippen LogP contribution is 2.39. The summed E-state index contributed by atoms with van der Waals surface area (Å²) in [5.41, 5.74) is 5.92. The zero-order chi connectivity index (χ0) is 12.1. The molecule has 0 radical (unpaired) electrons. The second-order valence-electron chi connectivity index (χ2n) is 6.54. The highest BCUT2D eigenvalue weighted by molar-refractivity contribution is 4.82. The van der Waals surface area contributed by atoms with Crippen molar-refractivity contribution in [1.82, 2.24) is 0 Å². The van der Waals surface area contributed by atoms with Gasteiger partial charge in [0.05, 0.1) is 0 Å². The fraction of sp³-hybridized carbons (Fsp3) is 1.00. The summed E-state index contributed by atoms with van der Waals surface area (Å²) in [6.45, 7) is 10.3. The Bertz CT molecular complexity index is 186. The van der Waals surface area contributed by atoms with E-state index in [0.29, 0.717) is 0 Å². The van der Waals surface area contributed by atoms with E-state index in [-0.39, 0.29) is 0 Å². The molecule has 16 heavy (non-hydrogen) atoms. The molecule has 2 N–H and O–H groups in total. The summed E-state index contributed by atoms with van der Waals surface area (Å²) in [6, 6.07) is 0. The smallest absolute Gasteiger partial charge is 0.00462 e. The molecular formula is C15H31N. The van der Waals surface area contributed by atoms with Gasteiger partial charge >= 0.3 is 0 Å². The lowest BCUT2D eigenvalue weighted by atomic mass is 9.69. The fourth-order valence-corrected chi connectivity index (χ4v) is 3.18. The molecule has 0 heterocycles. The van der Waals surface area contributed by atoms with Crippen LogP contribution < -0.4 is 5.73 Å². The Balaban J connectivity index is 2.46. The van der Waals surface area contributed by atoms with Crippen LogP contribution in [0.5, 0.6) is 0 Å². The molecule has 0 amide bonds. The average molecular weight is 225 g/mol. The van der Waals surface area contributed by atoms with Crippen molar-refractivity contribution in [3.63, 3.8) is 0 Å². The Hall–Kier alpha value is -0.0400. The summed E-state index contributed by atoms with van der Waals surface area (Å²) in [6.07, 6.45) is 7.01. The van der Waals surface area contributed by atoms with Crippen LogP contribution in [-0.2, 0) is 0 Å². The molecule has 0 bridgehead atoms. The van der Waals surface area contributed by atoms with Gasteiger partial charge in [-0.2, -0.15) is 0 Å². The summed E-state index contributed by atoms with van der Waals surface area (Å²) in [5.74, 6) is 4.39. The first-order chi connectivity index (χ1) is 7.54. The molecule has 3 atom stereocenters. The monoisotopic (exact) mass is 225 g/mol. The van der Waals surface area contributed by atoms with Gasteiger partial charge in [0.15, 0.2) is 0 Å². The van der Waals surface area contributed by atoms with Crippen LogP contribution in [0.15, 0.2) is 0 Å². The van der Waals surface area contributed by atoms with E-state index in [1.54, 1.807) is 0 Å². The summed E-state index contributed by atoms with van der Waals surface area (Å²) < 4.78 is 0. The van der Waals surface area contributed by atoms with Crippen LogP contribution in [0.4, 0.5) is 0 Å². The van der Waals surface area contributed by atoms with E-state index >= 15 is 0 Å². The Morgan fingerprint density at radius 2 is 1.75 bits per heavy atom. The lowest BCUT2D eigenvalue weighted by Crippen LogP contribution is -2.32. The van der Waals surface area contributed by atoms with Crippen LogP contribution in [-0.4, -0.2) is 6.54 Å². The molecule has 0 aliphatic heterocycles. The van der Waals surface area contributed by atoms with Crippen molar-refractivity contribution in [2.45, 2.75) is 59.8 Å². The zero-order valence-electron chi connectivity index (χ0n) is 11.7. The van der Waals surface area contributed by atoms with Crippen molar-refractivity contribution in [1.29, 1.82) is 0 Å². The molecule has 1 heteroatoms. The van der Waals surface area contributed by atoms with Gasteiger partial charge < -0.3 is 5.73 Å². The zero-order valence-corrected chi connectivity index (χ0v) is 11.7. The van der Waals surface area contributed by atoms with Crippen molar-refractivity contribution in [2.75, 3.05) is 6.54 Å². The minimum atomic E-state index is 0.814. The van der Waals surface area contributed by atoms with Crippen LogP contribution in [0.2, 0.25) is 0 Å². The SMILES string of the molecule is CC(C)CCC1CC(C(C)C)CCC1CN. The third kappa shape index (κ3) is 4.08. The van der Waals surface area contributed by atoms with Gasteiger partial charge in [-0.05, 0) is 61.8 Å². The van der Waals surface area contributed by atoms with E-state index in [1.165, 1.54) is 32.1 Å². The maximum atomic E-state index is 5.92. The molecule has 1 aliphatic carbocycles. The minimum absolute atomic E-state index is 0.814. The number of rotatable bonds is 5. The first-order valence-corrected chi connectivity index (χ1v) is 7.24. The van der Waals surface area contributed by atoms with Crippen LogP contribution in [0.1, 0.15) is 59.8 Å². The van der Waals surface area contributed by atoms with Crippen LogP contribution in [0.3, 0.4) is 0 Å². The summed E-state index contributed by atoms with van der Waals surface area (Å²) >= 11 is 0. The standard InChI is InChI=1S/C15H31N/c1-11(2)5-6-14-9-13(12(3)4)7-8-15(14)10-16/h11-15H,5-10,16H2,1-4H3. The Kier molecular flexibility index (Phi) is 5.82. The van der Waals surface area contributed by atoms with E-state index < -0.39 is 0 Å². The molecule has 1 saturated carbocycles. The van der Waals surface area contributed by atoms with Gasteiger partial charge in [-0.1, -0.05) is 34.1 Å². The van der Waals surface area contributed by atoms with E-state index in [1.807, 2.05) is 0 Å². The van der Waals surface area contributed by atoms with Gasteiger partial charge in [-0.3, -0.25) is 0 Å². The van der Waals surface area contributed by atoms with Gasteiger partial charge in [0.2, 0.25) is 0 Å². The van der Waals surface area contributed by atoms with E-state index in [0.717, 1.165) is 36.1 Å².